The molecule has 0 aliphatic heterocycles. The molecule has 1 aromatic heterocycles. The molecule has 3 aromatic rings. The van der Waals surface area contributed by atoms with Crippen LogP contribution in [0.15, 0.2) is 66.1 Å². The van der Waals surface area contributed by atoms with Crippen LogP contribution < -0.4 is 14.2 Å². The van der Waals surface area contributed by atoms with Gasteiger partial charge < -0.3 is 19.1 Å². The summed E-state index contributed by atoms with van der Waals surface area (Å²) >= 11 is 1.63. The minimum Gasteiger partial charge on any atom is -0.497 e. The van der Waals surface area contributed by atoms with Gasteiger partial charge in [-0.3, -0.25) is 4.79 Å². The van der Waals surface area contributed by atoms with E-state index in [1.165, 1.54) is 0 Å². The highest BCUT2D eigenvalue weighted by atomic mass is 32.1. The summed E-state index contributed by atoms with van der Waals surface area (Å²) in [7, 11) is 4.83. The predicted molar refractivity (Wildman–Crippen MR) is 120 cm³/mol. The van der Waals surface area contributed by atoms with Crippen LogP contribution in [-0.2, 0) is 17.9 Å². The Bertz CT molecular complexity index is 998. The van der Waals surface area contributed by atoms with Crippen LogP contribution >= 0.6 is 11.3 Å². The quantitative estimate of drug-likeness (QED) is 0.454. The van der Waals surface area contributed by atoms with Gasteiger partial charge in [-0.2, -0.15) is 0 Å². The zero-order chi connectivity index (χ0) is 21.3. The lowest BCUT2D eigenvalue weighted by Crippen LogP contribution is -2.28. The van der Waals surface area contributed by atoms with Crippen LogP contribution in [-0.4, -0.2) is 32.1 Å². The van der Waals surface area contributed by atoms with Crippen molar-refractivity contribution >= 4 is 23.3 Å². The molecule has 5 nitrogen and oxygen atoms in total. The number of thiophene rings is 1. The van der Waals surface area contributed by atoms with Gasteiger partial charge >= 0.3 is 0 Å². The fourth-order valence-corrected chi connectivity index (χ4v) is 3.74. The molecule has 3 rings (SSSR count). The average Bonchev–Trinajstić information content (AvgIpc) is 3.30. The van der Waals surface area contributed by atoms with Crippen molar-refractivity contribution in [3.8, 4) is 17.2 Å². The number of nitrogens with zero attached hydrogens (tertiary/aromatic N) is 1. The largest absolute Gasteiger partial charge is 0.497 e. The molecule has 0 unspecified atom stereocenters. The Balaban J connectivity index is 1.81. The highest BCUT2D eigenvalue weighted by Crippen LogP contribution is 2.28. The first-order chi connectivity index (χ1) is 14.6. The third-order valence-corrected chi connectivity index (χ3v) is 5.43. The van der Waals surface area contributed by atoms with E-state index >= 15 is 0 Å². The molecule has 1 heterocycles. The van der Waals surface area contributed by atoms with Crippen molar-refractivity contribution in [1.82, 2.24) is 4.90 Å². The van der Waals surface area contributed by atoms with Crippen LogP contribution in [0.3, 0.4) is 0 Å². The number of hydrogen-bond donors (Lipinski definition) is 0. The van der Waals surface area contributed by atoms with Gasteiger partial charge in [-0.1, -0.05) is 24.3 Å². The molecule has 0 spiro atoms. The number of benzene rings is 2. The molecule has 0 saturated heterocycles. The molecule has 0 N–H and O–H groups in total. The number of rotatable bonds is 9. The van der Waals surface area contributed by atoms with Crippen LogP contribution in [0.2, 0.25) is 0 Å². The molecule has 6 heteroatoms. The summed E-state index contributed by atoms with van der Waals surface area (Å²) in [5.74, 6) is 1.99. The van der Waals surface area contributed by atoms with Gasteiger partial charge in [0.15, 0.2) is 11.5 Å². The number of carbonyl (C=O) groups is 1. The number of amides is 1. The summed E-state index contributed by atoms with van der Waals surface area (Å²) in [6.07, 6.45) is 3.41. The first kappa shape index (κ1) is 21.5. The zero-order valence-electron chi connectivity index (χ0n) is 17.3. The molecule has 156 valence electrons. The van der Waals surface area contributed by atoms with Crippen molar-refractivity contribution < 1.29 is 19.0 Å². The molecule has 0 aliphatic rings. The summed E-state index contributed by atoms with van der Waals surface area (Å²) in [6.45, 7) is 0.993. The number of hydrogen-bond acceptors (Lipinski definition) is 5. The molecular formula is C24H25NO4S. The van der Waals surface area contributed by atoms with Crippen LogP contribution in [0, 0.1) is 0 Å². The van der Waals surface area contributed by atoms with Crippen molar-refractivity contribution in [2.75, 3.05) is 21.3 Å². The summed E-state index contributed by atoms with van der Waals surface area (Å²) in [4.78, 5) is 16.0. The maximum Gasteiger partial charge on any atom is 0.247 e. The minimum atomic E-state index is -0.0685. The Morgan fingerprint density at radius 2 is 1.77 bits per heavy atom. The van der Waals surface area contributed by atoms with E-state index < -0.39 is 0 Å². The maximum atomic E-state index is 13.0. The number of methoxy groups -OCH3 is 3. The first-order valence-corrected chi connectivity index (χ1v) is 10.3. The molecule has 30 heavy (non-hydrogen) atoms. The molecular weight excluding hydrogens is 398 g/mol. The van der Waals surface area contributed by atoms with Gasteiger partial charge in [0, 0.05) is 17.5 Å². The highest BCUT2D eigenvalue weighted by molar-refractivity contribution is 7.09. The summed E-state index contributed by atoms with van der Waals surface area (Å²) in [6, 6.07) is 17.3. The maximum absolute atomic E-state index is 13.0. The van der Waals surface area contributed by atoms with Gasteiger partial charge in [0.1, 0.15) is 5.75 Å². The van der Waals surface area contributed by atoms with E-state index in [2.05, 4.69) is 0 Å². The Labute approximate surface area is 181 Å². The highest BCUT2D eigenvalue weighted by Gasteiger charge is 2.14. The first-order valence-electron chi connectivity index (χ1n) is 9.47. The molecule has 0 aliphatic carbocycles. The van der Waals surface area contributed by atoms with E-state index in [0.717, 1.165) is 21.8 Å². The van der Waals surface area contributed by atoms with Gasteiger partial charge in [-0.25, -0.2) is 0 Å². The van der Waals surface area contributed by atoms with E-state index in [0.29, 0.717) is 24.6 Å². The lowest BCUT2D eigenvalue weighted by molar-refractivity contribution is -0.127. The van der Waals surface area contributed by atoms with Crippen molar-refractivity contribution in [3.05, 3.63) is 82.1 Å². The summed E-state index contributed by atoms with van der Waals surface area (Å²) < 4.78 is 16.0. The second kappa shape index (κ2) is 10.5. The van der Waals surface area contributed by atoms with E-state index in [4.69, 9.17) is 14.2 Å². The van der Waals surface area contributed by atoms with Crippen LogP contribution in [0.1, 0.15) is 16.0 Å². The Morgan fingerprint density at radius 3 is 2.47 bits per heavy atom. The van der Waals surface area contributed by atoms with Crippen molar-refractivity contribution in [1.29, 1.82) is 0 Å². The fourth-order valence-electron chi connectivity index (χ4n) is 3.02. The molecule has 0 radical (unpaired) electrons. The topological polar surface area (TPSA) is 48.0 Å². The Hall–Kier alpha value is -3.25. The SMILES string of the molecule is COc1cccc(/C=C/C(=O)N(Cc2ccc(OC)c(OC)c2)Cc2cccs2)c1. The van der Waals surface area contributed by atoms with Crippen LogP contribution in [0.4, 0.5) is 0 Å². The van der Waals surface area contributed by atoms with Gasteiger partial charge in [0.25, 0.3) is 0 Å². The monoisotopic (exact) mass is 423 g/mol. The Morgan fingerprint density at radius 1 is 0.933 bits per heavy atom. The third-order valence-electron chi connectivity index (χ3n) is 4.57. The third kappa shape index (κ3) is 5.64. The number of ether oxygens (including phenoxy) is 3. The van der Waals surface area contributed by atoms with Gasteiger partial charge in [-0.15, -0.1) is 11.3 Å². The summed E-state index contributed by atoms with van der Waals surface area (Å²) in [5, 5.41) is 2.01. The second-order valence-electron chi connectivity index (χ2n) is 6.57. The molecule has 1 amide bonds. The lowest BCUT2D eigenvalue weighted by Gasteiger charge is -2.21. The molecule has 0 bridgehead atoms. The standard InChI is InChI=1S/C24H25NO4S/c1-27-20-7-4-6-18(14-20)10-12-24(26)25(17-21-8-5-13-30-21)16-19-9-11-22(28-2)23(15-19)29-3/h4-15H,16-17H2,1-3H3/b12-10+. The van der Waals surface area contributed by atoms with Crippen LogP contribution in [0.25, 0.3) is 6.08 Å². The van der Waals surface area contributed by atoms with Gasteiger partial charge in [0.2, 0.25) is 5.91 Å². The van der Waals surface area contributed by atoms with E-state index in [1.54, 1.807) is 44.8 Å². The number of carbonyl (C=O) groups excluding carboxylic acids is 1. The normalized spacial score (nSPS) is 10.8. The zero-order valence-corrected chi connectivity index (χ0v) is 18.1. The fraction of sp³-hybridized carbons (Fsp3) is 0.208. The molecule has 2 aromatic carbocycles. The predicted octanol–water partition coefficient (Wildman–Crippen LogP) is 5.02. The average molecular weight is 424 g/mol. The molecule has 0 atom stereocenters. The molecule has 0 fully saturated rings. The van der Waals surface area contributed by atoms with Crippen molar-refractivity contribution in [2.45, 2.75) is 13.1 Å². The Kier molecular flexibility index (Phi) is 7.51. The van der Waals surface area contributed by atoms with Crippen molar-refractivity contribution in [2.24, 2.45) is 0 Å². The van der Waals surface area contributed by atoms with Crippen LogP contribution in [0.5, 0.6) is 17.2 Å². The smallest absolute Gasteiger partial charge is 0.247 e. The van der Waals surface area contributed by atoms with Crippen molar-refractivity contribution in [3.63, 3.8) is 0 Å². The lowest BCUT2D eigenvalue weighted by atomic mass is 10.1. The van der Waals surface area contributed by atoms with E-state index in [1.807, 2.05) is 64.9 Å². The minimum absolute atomic E-state index is 0.0685. The van der Waals surface area contributed by atoms with Gasteiger partial charge in [-0.05, 0) is 52.9 Å². The molecule has 0 saturated carbocycles. The second-order valence-corrected chi connectivity index (χ2v) is 7.61. The van der Waals surface area contributed by atoms with E-state index in [9.17, 15) is 4.79 Å². The van der Waals surface area contributed by atoms with E-state index in [-0.39, 0.29) is 5.91 Å². The van der Waals surface area contributed by atoms with Gasteiger partial charge in [0.05, 0.1) is 27.9 Å². The summed E-state index contributed by atoms with van der Waals surface area (Å²) in [5.41, 5.74) is 1.87.